The molecular formula is C17H18N8O2. The minimum atomic E-state index is -0.497. The van der Waals surface area contributed by atoms with Gasteiger partial charge in [-0.3, -0.25) is 4.79 Å². The number of nitrogens with two attached hydrogens (primary N) is 1. The maximum atomic E-state index is 12.3. The molecule has 27 heavy (non-hydrogen) atoms. The first-order valence-corrected chi connectivity index (χ1v) is 8.04. The normalized spacial score (nSPS) is 11.0. The van der Waals surface area contributed by atoms with E-state index in [2.05, 4.69) is 30.8 Å². The molecule has 0 saturated carbocycles. The van der Waals surface area contributed by atoms with Crippen LogP contribution in [0.15, 0.2) is 35.6 Å². The number of anilines is 1. The number of nitrogens with one attached hydrogen (secondary N) is 1. The van der Waals surface area contributed by atoms with Crippen LogP contribution in [0, 0.1) is 13.8 Å². The van der Waals surface area contributed by atoms with Gasteiger partial charge in [0.15, 0.2) is 5.69 Å². The molecule has 3 rings (SSSR count). The zero-order valence-electron chi connectivity index (χ0n) is 14.8. The number of benzene rings is 1. The number of carbonyl (C=O) groups is 1. The summed E-state index contributed by atoms with van der Waals surface area (Å²) in [6.45, 7) is 3.77. The summed E-state index contributed by atoms with van der Waals surface area (Å²) >= 11 is 0. The lowest BCUT2D eigenvalue weighted by atomic mass is 10.2. The molecule has 0 aliphatic carbocycles. The fraction of sp³-hybridized carbons (Fsp3) is 0.176. The van der Waals surface area contributed by atoms with Crippen LogP contribution in [0.3, 0.4) is 0 Å². The first kappa shape index (κ1) is 18.0. The summed E-state index contributed by atoms with van der Waals surface area (Å²) in [6.07, 6.45) is 3.04. The minimum absolute atomic E-state index is 0.114. The molecule has 4 N–H and O–H groups in total. The summed E-state index contributed by atoms with van der Waals surface area (Å²) in [5.41, 5.74) is 10.3. The van der Waals surface area contributed by atoms with Crippen molar-refractivity contribution in [3.63, 3.8) is 0 Å². The van der Waals surface area contributed by atoms with Gasteiger partial charge in [0.2, 0.25) is 0 Å². The number of hydrogen-bond acceptors (Lipinski definition) is 8. The van der Waals surface area contributed by atoms with Crippen LogP contribution in [-0.4, -0.2) is 42.2 Å². The lowest BCUT2D eigenvalue weighted by molar-refractivity contribution is 0.0949. The van der Waals surface area contributed by atoms with Crippen LogP contribution in [0.4, 0.5) is 5.82 Å². The zero-order chi connectivity index (χ0) is 19.4. The van der Waals surface area contributed by atoms with E-state index in [1.807, 2.05) is 0 Å². The molecule has 10 heteroatoms. The standard InChI is InChI=1S/C17H18N8O2/c1-10-15(17(27)23-20-7-12-4-3-5-14(26)6-12)22-24-25(10)9-13-8-19-11(2)21-16(13)18/h3-8,26H,9H2,1-2H3,(H,23,27)(H2,18,19,21)/b20-7+. The Labute approximate surface area is 154 Å². The fourth-order valence-corrected chi connectivity index (χ4v) is 2.34. The molecule has 1 aromatic carbocycles. The lowest BCUT2D eigenvalue weighted by Crippen LogP contribution is -2.19. The number of aryl methyl sites for hydroxylation is 1. The molecular weight excluding hydrogens is 348 g/mol. The van der Waals surface area contributed by atoms with E-state index >= 15 is 0 Å². The van der Waals surface area contributed by atoms with Gasteiger partial charge in [-0.15, -0.1) is 5.10 Å². The van der Waals surface area contributed by atoms with Gasteiger partial charge in [-0.1, -0.05) is 17.3 Å². The average Bonchev–Trinajstić information content (AvgIpc) is 2.98. The van der Waals surface area contributed by atoms with E-state index in [-0.39, 0.29) is 11.4 Å². The summed E-state index contributed by atoms with van der Waals surface area (Å²) in [4.78, 5) is 20.5. The Hall–Kier alpha value is -3.82. The average molecular weight is 366 g/mol. The predicted molar refractivity (Wildman–Crippen MR) is 98.2 cm³/mol. The smallest absolute Gasteiger partial charge is 0.293 e. The quantitative estimate of drug-likeness (QED) is 0.447. The summed E-state index contributed by atoms with van der Waals surface area (Å²) in [5.74, 6) is 0.557. The Morgan fingerprint density at radius 3 is 2.96 bits per heavy atom. The van der Waals surface area contributed by atoms with E-state index in [4.69, 9.17) is 5.73 Å². The minimum Gasteiger partial charge on any atom is -0.508 e. The molecule has 0 spiro atoms. The summed E-state index contributed by atoms with van der Waals surface area (Å²) in [6, 6.07) is 6.48. The van der Waals surface area contributed by atoms with Gasteiger partial charge in [-0.05, 0) is 31.5 Å². The Morgan fingerprint density at radius 1 is 1.41 bits per heavy atom. The van der Waals surface area contributed by atoms with E-state index in [1.54, 1.807) is 38.2 Å². The summed E-state index contributed by atoms with van der Waals surface area (Å²) < 4.78 is 1.54. The number of nitrogens with zero attached hydrogens (tertiary/aromatic N) is 6. The number of hydrogen-bond donors (Lipinski definition) is 3. The second-order valence-electron chi connectivity index (χ2n) is 5.80. The van der Waals surface area contributed by atoms with Gasteiger partial charge in [0.1, 0.15) is 17.4 Å². The highest BCUT2D eigenvalue weighted by Crippen LogP contribution is 2.12. The number of phenols is 1. The predicted octanol–water partition coefficient (Wildman–Crippen LogP) is 0.785. The van der Waals surface area contributed by atoms with E-state index in [1.165, 1.54) is 17.0 Å². The topological polar surface area (TPSA) is 144 Å². The van der Waals surface area contributed by atoms with Crippen molar-refractivity contribution in [1.29, 1.82) is 0 Å². The molecule has 3 aromatic rings. The Balaban J connectivity index is 1.69. The van der Waals surface area contributed by atoms with Crippen molar-refractivity contribution >= 4 is 17.9 Å². The number of amides is 1. The molecule has 0 saturated heterocycles. The van der Waals surface area contributed by atoms with Crippen LogP contribution in [0.2, 0.25) is 0 Å². The molecule has 0 aliphatic heterocycles. The van der Waals surface area contributed by atoms with Gasteiger partial charge in [-0.25, -0.2) is 20.1 Å². The number of aromatic hydroxyl groups is 1. The fourth-order valence-electron chi connectivity index (χ4n) is 2.34. The number of phenolic OH excluding ortho intramolecular Hbond substituents is 1. The molecule has 2 aromatic heterocycles. The van der Waals surface area contributed by atoms with Gasteiger partial charge in [-0.2, -0.15) is 5.10 Å². The first-order chi connectivity index (χ1) is 12.9. The number of rotatable bonds is 5. The van der Waals surface area contributed by atoms with Crippen LogP contribution in [0.5, 0.6) is 5.75 Å². The monoisotopic (exact) mass is 366 g/mol. The highest BCUT2D eigenvalue weighted by atomic mass is 16.3. The van der Waals surface area contributed by atoms with Gasteiger partial charge in [0, 0.05) is 11.8 Å². The van der Waals surface area contributed by atoms with Crippen LogP contribution < -0.4 is 11.2 Å². The van der Waals surface area contributed by atoms with Gasteiger partial charge < -0.3 is 10.8 Å². The molecule has 138 valence electrons. The number of aromatic nitrogens is 5. The van der Waals surface area contributed by atoms with E-state index in [9.17, 15) is 9.90 Å². The molecule has 10 nitrogen and oxygen atoms in total. The molecule has 0 radical (unpaired) electrons. The molecule has 0 fully saturated rings. The Bertz CT molecular complexity index is 1010. The van der Waals surface area contributed by atoms with Crippen molar-refractivity contribution in [3.05, 3.63) is 58.8 Å². The lowest BCUT2D eigenvalue weighted by Gasteiger charge is -2.06. The first-order valence-electron chi connectivity index (χ1n) is 8.04. The zero-order valence-corrected chi connectivity index (χ0v) is 14.8. The summed E-state index contributed by atoms with van der Waals surface area (Å²) in [7, 11) is 0. The van der Waals surface area contributed by atoms with E-state index < -0.39 is 5.91 Å². The van der Waals surface area contributed by atoms with Crippen molar-refractivity contribution in [2.75, 3.05) is 5.73 Å². The number of carbonyl (C=O) groups excluding carboxylic acids is 1. The molecule has 0 unspecified atom stereocenters. The number of hydrazone groups is 1. The van der Waals surface area contributed by atoms with Crippen LogP contribution >= 0.6 is 0 Å². The van der Waals surface area contributed by atoms with Crippen molar-refractivity contribution < 1.29 is 9.90 Å². The third-order valence-electron chi connectivity index (χ3n) is 3.79. The van der Waals surface area contributed by atoms with Gasteiger partial charge in [0.25, 0.3) is 5.91 Å². The van der Waals surface area contributed by atoms with Crippen LogP contribution in [0.25, 0.3) is 0 Å². The van der Waals surface area contributed by atoms with Gasteiger partial charge >= 0.3 is 0 Å². The van der Waals surface area contributed by atoms with Crippen molar-refractivity contribution in [1.82, 2.24) is 30.4 Å². The maximum Gasteiger partial charge on any atom is 0.293 e. The Kier molecular flexibility index (Phi) is 5.06. The van der Waals surface area contributed by atoms with Crippen molar-refractivity contribution in [2.24, 2.45) is 5.10 Å². The SMILES string of the molecule is Cc1ncc(Cn2nnc(C(=O)N/N=C/c3cccc(O)c3)c2C)c(N)n1. The summed E-state index contributed by atoms with van der Waals surface area (Å²) in [5, 5.41) is 21.2. The van der Waals surface area contributed by atoms with Crippen LogP contribution in [-0.2, 0) is 6.54 Å². The van der Waals surface area contributed by atoms with E-state index in [0.717, 1.165) is 0 Å². The highest BCUT2D eigenvalue weighted by molar-refractivity contribution is 5.94. The second-order valence-corrected chi connectivity index (χ2v) is 5.80. The Morgan fingerprint density at radius 2 is 2.22 bits per heavy atom. The van der Waals surface area contributed by atoms with E-state index in [0.29, 0.717) is 35.0 Å². The number of nitrogen functional groups attached to an aromatic ring is 1. The molecule has 1 amide bonds. The molecule has 0 atom stereocenters. The third-order valence-corrected chi connectivity index (χ3v) is 3.79. The van der Waals surface area contributed by atoms with Crippen LogP contribution in [0.1, 0.15) is 33.1 Å². The largest absolute Gasteiger partial charge is 0.508 e. The van der Waals surface area contributed by atoms with Crippen molar-refractivity contribution in [3.8, 4) is 5.75 Å². The molecule has 2 heterocycles. The highest BCUT2D eigenvalue weighted by Gasteiger charge is 2.17. The molecule has 0 aliphatic rings. The molecule has 0 bridgehead atoms. The van der Waals surface area contributed by atoms with Gasteiger partial charge in [0.05, 0.1) is 18.5 Å². The van der Waals surface area contributed by atoms with Crippen molar-refractivity contribution in [2.45, 2.75) is 20.4 Å². The second kappa shape index (κ2) is 7.60. The maximum absolute atomic E-state index is 12.3. The third kappa shape index (κ3) is 4.24.